The lowest BCUT2D eigenvalue weighted by Gasteiger charge is -2.24. The average molecular weight is 330 g/mol. The molecule has 1 atom stereocenters. The first-order valence-electron chi connectivity index (χ1n) is 8.13. The average Bonchev–Trinajstić information content (AvgIpc) is 3.27. The summed E-state index contributed by atoms with van der Waals surface area (Å²) in [6.45, 7) is 2.14. The summed E-state index contributed by atoms with van der Waals surface area (Å²) in [6.07, 6.45) is 5.59. The molecule has 1 aliphatic rings. The molecule has 1 amide bonds. The molecule has 0 bridgehead atoms. The second-order valence-electron chi connectivity index (χ2n) is 5.88. The Balaban J connectivity index is 1.75. The molecule has 0 saturated carbocycles. The number of rotatable bonds is 7. The summed E-state index contributed by atoms with van der Waals surface area (Å²) < 4.78 is 16.3. The second-order valence-corrected chi connectivity index (χ2v) is 5.88. The monoisotopic (exact) mass is 330 g/mol. The SMILES string of the molecule is COCc1ccc(C(=O)N(Cc2cccnc2)CC2CCCO2)o1. The van der Waals surface area contributed by atoms with Gasteiger partial charge >= 0.3 is 0 Å². The van der Waals surface area contributed by atoms with Crippen molar-refractivity contribution in [2.24, 2.45) is 0 Å². The van der Waals surface area contributed by atoms with Crippen LogP contribution in [0.1, 0.15) is 34.7 Å². The van der Waals surface area contributed by atoms with E-state index in [1.165, 1.54) is 0 Å². The highest BCUT2D eigenvalue weighted by Crippen LogP contribution is 2.18. The minimum absolute atomic E-state index is 0.0824. The Labute approximate surface area is 141 Å². The number of ether oxygens (including phenoxy) is 2. The first-order valence-corrected chi connectivity index (χ1v) is 8.13. The van der Waals surface area contributed by atoms with E-state index in [-0.39, 0.29) is 12.0 Å². The Hall–Kier alpha value is -2.18. The minimum Gasteiger partial charge on any atom is -0.453 e. The van der Waals surface area contributed by atoms with Crippen molar-refractivity contribution in [1.82, 2.24) is 9.88 Å². The summed E-state index contributed by atoms with van der Waals surface area (Å²) in [5.74, 6) is 0.819. The highest BCUT2D eigenvalue weighted by molar-refractivity contribution is 5.91. The van der Waals surface area contributed by atoms with E-state index in [1.807, 2.05) is 12.1 Å². The lowest BCUT2D eigenvalue weighted by atomic mass is 10.2. The zero-order valence-electron chi connectivity index (χ0n) is 13.8. The molecule has 6 nitrogen and oxygen atoms in total. The van der Waals surface area contributed by atoms with Crippen molar-refractivity contribution in [3.05, 3.63) is 53.7 Å². The Bertz CT molecular complexity index is 650. The summed E-state index contributed by atoms with van der Waals surface area (Å²) in [4.78, 5) is 18.8. The fourth-order valence-electron chi connectivity index (χ4n) is 2.83. The Morgan fingerprint density at radius 3 is 3.04 bits per heavy atom. The number of nitrogens with zero attached hydrogens (tertiary/aromatic N) is 2. The van der Waals surface area contributed by atoms with E-state index in [9.17, 15) is 4.79 Å². The van der Waals surface area contributed by atoms with Crippen LogP contribution in [0.25, 0.3) is 0 Å². The van der Waals surface area contributed by atoms with Gasteiger partial charge in [0.05, 0.1) is 6.10 Å². The van der Waals surface area contributed by atoms with Crippen LogP contribution >= 0.6 is 0 Å². The van der Waals surface area contributed by atoms with Gasteiger partial charge in [-0.05, 0) is 36.6 Å². The molecule has 128 valence electrons. The zero-order chi connectivity index (χ0) is 16.8. The summed E-state index contributed by atoms with van der Waals surface area (Å²) in [5.41, 5.74) is 0.979. The van der Waals surface area contributed by atoms with Gasteiger partial charge in [-0.25, -0.2) is 0 Å². The molecular weight excluding hydrogens is 308 g/mol. The molecule has 0 aromatic carbocycles. The van der Waals surface area contributed by atoms with E-state index in [1.54, 1.807) is 36.5 Å². The highest BCUT2D eigenvalue weighted by atomic mass is 16.5. The van der Waals surface area contributed by atoms with Gasteiger partial charge in [-0.2, -0.15) is 0 Å². The molecule has 1 unspecified atom stereocenters. The highest BCUT2D eigenvalue weighted by Gasteiger charge is 2.25. The fraction of sp³-hybridized carbons (Fsp3) is 0.444. The summed E-state index contributed by atoms with van der Waals surface area (Å²) in [6, 6.07) is 7.29. The van der Waals surface area contributed by atoms with E-state index in [4.69, 9.17) is 13.9 Å². The predicted octanol–water partition coefficient (Wildman–Crippen LogP) is 2.64. The van der Waals surface area contributed by atoms with E-state index >= 15 is 0 Å². The lowest BCUT2D eigenvalue weighted by Crippen LogP contribution is -2.36. The number of methoxy groups -OCH3 is 1. The van der Waals surface area contributed by atoms with Crippen LogP contribution in [0.5, 0.6) is 0 Å². The molecule has 2 aromatic rings. The van der Waals surface area contributed by atoms with E-state index in [0.29, 0.717) is 31.2 Å². The van der Waals surface area contributed by atoms with Crippen LogP contribution in [0.2, 0.25) is 0 Å². The maximum atomic E-state index is 12.9. The molecule has 24 heavy (non-hydrogen) atoms. The maximum Gasteiger partial charge on any atom is 0.289 e. The number of hydrogen-bond acceptors (Lipinski definition) is 5. The largest absolute Gasteiger partial charge is 0.453 e. The first kappa shape index (κ1) is 16.7. The third-order valence-corrected chi connectivity index (χ3v) is 3.99. The predicted molar refractivity (Wildman–Crippen MR) is 87.4 cm³/mol. The van der Waals surface area contributed by atoms with Gasteiger partial charge in [-0.1, -0.05) is 6.07 Å². The van der Waals surface area contributed by atoms with Gasteiger partial charge in [0.25, 0.3) is 5.91 Å². The van der Waals surface area contributed by atoms with Gasteiger partial charge in [0.2, 0.25) is 0 Å². The van der Waals surface area contributed by atoms with E-state index in [2.05, 4.69) is 4.98 Å². The van der Waals surface area contributed by atoms with Crippen molar-refractivity contribution in [3.63, 3.8) is 0 Å². The molecular formula is C18H22N2O4. The molecule has 6 heteroatoms. The standard InChI is InChI=1S/C18H22N2O4/c1-22-13-16-6-7-17(24-16)18(21)20(12-15-5-3-9-23-15)11-14-4-2-8-19-10-14/h2,4,6-8,10,15H,3,5,9,11-13H2,1H3. The van der Waals surface area contributed by atoms with Crippen LogP contribution < -0.4 is 0 Å². The summed E-state index contributed by atoms with van der Waals surface area (Å²) in [5, 5.41) is 0. The van der Waals surface area contributed by atoms with Gasteiger partial charge in [-0.3, -0.25) is 9.78 Å². The van der Waals surface area contributed by atoms with Crippen LogP contribution in [0.15, 0.2) is 41.1 Å². The molecule has 2 aromatic heterocycles. The molecule has 1 fully saturated rings. The van der Waals surface area contributed by atoms with Crippen molar-refractivity contribution >= 4 is 5.91 Å². The van der Waals surface area contributed by atoms with Gasteiger partial charge in [0, 0.05) is 39.2 Å². The van der Waals surface area contributed by atoms with Crippen LogP contribution in [0, 0.1) is 0 Å². The van der Waals surface area contributed by atoms with Gasteiger partial charge in [0.15, 0.2) is 5.76 Å². The van der Waals surface area contributed by atoms with Crippen molar-refractivity contribution in [2.75, 3.05) is 20.3 Å². The van der Waals surface area contributed by atoms with Crippen LogP contribution in [0.3, 0.4) is 0 Å². The number of pyridine rings is 1. The van der Waals surface area contributed by atoms with Gasteiger partial charge < -0.3 is 18.8 Å². The normalized spacial score (nSPS) is 17.1. The molecule has 1 saturated heterocycles. The molecule has 0 aliphatic carbocycles. The Morgan fingerprint density at radius 2 is 2.33 bits per heavy atom. The minimum atomic E-state index is -0.142. The van der Waals surface area contributed by atoms with Gasteiger partial charge in [-0.15, -0.1) is 0 Å². The molecule has 0 N–H and O–H groups in total. The number of hydrogen-bond donors (Lipinski definition) is 0. The summed E-state index contributed by atoms with van der Waals surface area (Å²) in [7, 11) is 1.59. The second kappa shape index (κ2) is 8.08. The van der Waals surface area contributed by atoms with E-state index < -0.39 is 0 Å². The number of amides is 1. The van der Waals surface area contributed by atoms with Crippen molar-refractivity contribution in [2.45, 2.75) is 32.1 Å². The summed E-state index contributed by atoms with van der Waals surface area (Å²) >= 11 is 0. The van der Waals surface area contributed by atoms with Crippen LogP contribution in [0.4, 0.5) is 0 Å². The number of carbonyl (C=O) groups excluding carboxylic acids is 1. The smallest absolute Gasteiger partial charge is 0.289 e. The van der Waals surface area contributed by atoms with Crippen LogP contribution in [-0.2, 0) is 22.6 Å². The molecule has 3 heterocycles. The molecule has 3 rings (SSSR count). The topological polar surface area (TPSA) is 64.8 Å². The van der Waals surface area contributed by atoms with E-state index in [0.717, 1.165) is 25.0 Å². The van der Waals surface area contributed by atoms with Gasteiger partial charge in [0.1, 0.15) is 12.4 Å². The quantitative estimate of drug-likeness (QED) is 0.781. The fourth-order valence-corrected chi connectivity index (χ4v) is 2.83. The number of aromatic nitrogens is 1. The number of furan rings is 1. The zero-order valence-corrected chi connectivity index (χ0v) is 13.8. The van der Waals surface area contributed by atoms with Crippen molar-refractivity contribution < 1.29 is 18.7 Å². The third-order valence-electron chi connectivity index (χ3n) is 3.99. The van der Waals surface area contributed by atoms with Crippen LogP contribution in [-0.4, -0.2) is 42.2 Å². The lowest BCUT2D eigenvalue weighted by molar-refractivity contribution is 0.0479. The molecule has 1 aliphatic heterocycles. The number of carbonyl (C=O) groups is 1. The third kappa shape index (κ3) is 4.21. The molecule has 0 radical (unpaired) electrons. The van der Waals surface area contributed by atoms with Crippen molar-refractivity contribution in [3.8, 4) is 0 Å². The first-order chi connectivity index (χ1) is 11.8. The Kier molecular flexibility index (Phi) is 5.61. The Morgan fingerprint density at radius 1 is 1.42 bits per heavy atom. The van der Waals surface area contributed by atoms with Crippen molar-refractivity contribution in [1.29, 1.82) is 0 Å². The maximum absolute atomic E-state index is 12.9. The molecule has 0 spiro atoms.